The SMILES string of the molecule is CC(O)C(=O)N1C2CCC1CN(C(C)C)C2. The van der Waals surface area contributed by atoms with Crippen molar-refractivity contribution in [3.8, 4) is 0 Å². The molecule has 1 amide bonds. The first-order valence-corrected chi connectivity index (χ1v) is 6.25. The number of hydrogen-bond acceptors (Lipinski definition) is 3. The van der Waals surface area contributed by atoms with E-state index >= 15 is 0 Å². The van der Waals surface area contributed by atoms with Gasteiger partial charge in [-0.05, 0) is 33.6 Å². The monoisotopic (exact) mass is 226 g/mol. The van der Waals surface area contributed by atoms with Gasteiger partial charge in [0.1, 0.15) is 6.10 Å². The van der Waals surface area contributed by atoms with Crippen LogP contribution in [0.15, 0.2) is 0 Å². The summed E-state index contributed by atoms with van der Waals surface area (Å²) in [6.45, 7) is 7.90. The van der Waals surface area contributed by atoms with E-state index in [4.69, 9.17) is 0 Å². The lowest BCUT2D eigenvalue weighted by Crippen LogP contribution is -2.58. The molecule has 3 atom stereocenters. The molecular formula is C12H22N2O2. The Kier molecular flexibility index (Phi) is 3.22. The second kappa shape index (κ2) is 4.34. The van der Waals surface area contributed by atoms with E-state index in [1.54, 1.807) is 6.92 Å². The van der Waals surface area contributed by atoms with Crippen molar-refractivity contribution in [2.45, 2.75) is 57.8 Å². The number of aliphatic hydroxyl groups is 1. The number of carbonyl (C=O) groups is 1. The first-order chi connectivity index (χ1) is 7.50. The second-order valence-corrected chi connectivity index (χ2v) is 5.35. The van der Waals surface area contributed by atoms with E-state index in [2.05, 4.69) is 18.7 Å². The van der Waals surface area contributed by atoms with Crippen LogP contribution >= 0.6 is 0 Å². The predicted molar refractivity (Wildman–Crippen MR) is 62.0 cm³/mol. The molecule has 1 N–H and O–H groups in total. The number of carbonyl (C=O) groups excluding carboxylic acids is 1. The molecule has 0 aromatic carbocycles. The molecule has 4 nitrogen and oxygen atoms in total. The lowest BCUT2D eigenvalue weighted by molar-refractivity contribution is -0.145. The minimum absolute atomic E-state index is 0.0871. The summed E-state index contributed by atoms with van der Waals surface area (Å²) in [5.41, 5.74) is 0. The van der Waals surface area contributed by atoms with Crippen molar-refractivity contribution in [3.63, 3.8) is 0 Å². The third kappa shape index (κ3) is 1.96. The van der Waals surface area contributed by atoms with Crippen LogP contribution in [0.4, 0.5) is 0 Å². The topological polar surface area (TPSA) is 43.8 Å². The highest BCUT2D eigenvalue weighted by atomic mass is 16.3. The Balaban J connectivity index is 2.08. The standard InChI is InChI=1S/C12H22N2O2/c1-8(2)13-6-10-4-5-11(7-13)14(10)12(16)9(3)15/h8-11,15H,4-7H2,1-3H3. The Hall–Kier alpha value is -0.610. The Morgan fingerprint density at radius 2 is 1.69 bits per heavy atom. The Morgan fingerprint density at radius 1 is 1.19 bits per heavy atom. The summed E-state index contributed by atoms with van der Waals surface area (Å²) in [4.78, 5) is 16.3. The molecule has 0 aromatic rings. The quantitative estimate of drug-likeness (QED) is 0.743. The number of fused-ring (bicyclic) bond motifs is 2. The average Bonchev–Trinajstić information content (AvgIpc) is 2.46. The summed E-state index contributed by atoms with van der Waals surface area (Å²) in [7, 11) is 0. The van der Waals surface area contributed by atoms with Crippen LogP contribution in [0, 0.1) is 0 Å². The van der Waals surface area contributed by atoms with Gasteiger partial charge in [0, 0.05) is 31.2 Å². The van der Waals surface area contributed by atoms with Gasteiger partial charge in [0.25, 0.3) is 5.91 Å². The molecule has 0 spiro atoms. The molecule has 3 unspecified atom stereocenters. The van der Waals surface area contributed by atoms with Crippen LogP contribution in [0.5, 0.6) is 0 Å². The highest BCUT2D eigenvalue weighted by Gasteiger charge is 2.43. The van der Waals surface area contributed by atoms with Gasteiger partial charge >= 0.3 is 0 Å². The van der Waals surface area contributed by atoms with E-state index in [1.807, 2.05) is 4.90 Å². The number of hydrogen-bond donors (Lipinski definition) is 1. The largest absolute Gasteiger partial charge is 0.384 e. The third-order valence-corrected chi connectivity index (χ3v) is 3.85. The fourth-order valence-corrected chi connectivity index (χ4v) is 2.93. The fraction of sp³-hybridized carbons (Fsp3) is 0.917. The van der Waals surface area contributed by atoms with Crippen molar-refractivity contribution in [1.29, 1.82) is 0 Å². The van der Waals surface area contributed by atoms with E-state index in [0.717, 1.165) is 25.9 Å². The lowest BCUT2D eigenvalue weighted by atomic mass is 10.1. The minimum Gasteiger partial charge on any atom is -0.384 e. The van der Waals surface area contributed by atoms with Gasteiger partial charge in [0.05, 0.1) is 0 Å². The van der Waals surface area contributed by atoms with Crippen LogP contribution in [0.1, 0.15) is 33.6 Å². The molecule has 0 aromatic heterocycles. The van der Waals surface area contributed by atoms with Crippen LogP contribution in [0.25, 0.3) is 0 Å². The number of amides is 1. The molecule has 2 aliphatic rings. The van der Waals surface area contributed by atoms with Gasteiger partial charge in [-0.1, -0.05) is 0 Å². The van der Waals surface area contributed by atoms with Gasteiger partial charge in [-0.2, -0.15) is 0 Å². The molecule has 0 aliphatic carbocycles. The lowest BCUT2D eigenvalue weighted by Gasteiger charge is -2.43. The second-order valence-electron chi connectivity index (χ2n) is 5.35. The molecule has 0 radical (unpaired) electrons. The molecular weight excluding hydrogens is 204 g/mol. The zero-order valence-electron chi connectivity index (χ0n) is 10.4. The van der Waals surface area contributed by atoms with Crippen molar-refractivity contribution in [1.82, 2.24) is 9.80 Å². The Bertz CT molecular complexity index is 264. The summed E-state index contributed by atoms with van der Waals surface area (Å²) in [5.74, 6) is -0.0871. The maximum Gasteiger partial charge on any atom is 0.251 e. The normalized spacial score (nSPS) is 32.2. The van der Waals surface area contributed by atoms with Crippen molar-refractivity contribution in [2.24, 2.45) is 0 Å². The van der Waals surface area contributed by atoms with E-state index < -0.39 is 6.10 Å². The Labute approximate surface area is 97.2 Å². The first-order valence-electron chi connectivity index (χ1n) is 6.25. The zero-order chi connectivity index (χ0) is 11.9. The molecule has 92 valence electrons. The van der Waals surface area contributed by atoms with Crippen molar-refractivity contribution in [3.05, 3.63) is 0 Å². The minimum atomic E-state index is -0.853. The van der Waals surface area contributed by atoms with Gasteiger partial charge in [-0.15, -0.1) is 0 Å². The molecule has 2 fully saturated rings. The van der Waals surface area contributed by atoms with Crippen molar-refractivity contribution < 1.29 is 9.90 Å². The summed E-state index contributed by atoms with van der Waals surface area (Å²) in [6.07, 6.45) is 1.33. The highest BCUT2D eigenvalue weighted by molar-refractivity contribution is 5.81. The first kappa shape index (κ1) is 11.9. The molecule has 2 rings (SSSR count). The van der Waals surface area contributed by atoms with Crippen LogP contribution in [-0.2, 0) is 4.79 Å². The van der Waals surface area contributed by atoms with Gasteiger partial charge < -0.3 is 10.0 Å². The van der Waals surface area contributed by atoms with Crippen LogP contribution in [-0.4, -0.2) is 58.1 Å². The number of likely N-dealkylation sites (tertiary alicyclic amines) is 1. The van der Waals surface area contributed by atoms with Crippen LogP contribution < -0.4 is 0 Å². The molecule has 2 aliphatic heterocycles. The van der Waals surface area contributed by atoms with Crippen LogP contribution in [0.2, 0.25) is 0 Å². The van der Waals surface area contributed by atoms with E-state index in [1.165, 1.54) is 0 Å². The molecule has 4 heteroatoms. The fourth-order valence-electron chi connectivity index (χ4n) is 2.93. The number of nitrogens with zero attached hydrogens (tertiary/aromatic N) is 2. The summed E-state index contributed by atoms with van der Waals surface area (Å²) in [6, 6.07) is 1.19. The zero-order valence-corrected chi connectivity index (χ0v) is 10.4. The summed E-state index contributed by atoms with van der Waals surface area (Å²) < 4.78 is 0. The van der Waals surface area contributed by atoms with Gasteiger partial charge in [-0.3, -0.25) is 9.69 Å². The molecule has 2 bridgehead atoms. The van der Waals surface area contributed by atoms with Gasteiger partial charge in [-0.25, -0.2) is 0 Å². The molecule has 0 saturated carbocycles. The van der Waals surface area contributed by atoms with E-state index in [0.29, 0.717) is 18.1 Å². The van der Waals surface area contributed by atoms with Crippen molar-refractivity contribution in [2.75, 3.05) is 13.1 Å². The van der Waals surface area contributed by atoms with E-state index in [9.17, 15) is 9.90 Å². The average molecular weight is 226 g/mol. The molecule has 2 saturated heterocycles. The maximum absolute atomic E-state index is 11.9. The van der Waals surface area contributed by atoms with Crippen LogP contribution in [0.3, 0.4) is 0 Å². The highest BCUT2D eigenvalue weighted by Crippen LogP contribution is 2.31. The maximum atomic E-state index is 11.9. The number of rotatable bonds is 2. The number of aliphatic hydroxyl groups excluding tert-OH is 1. The smallest absolute Gasteiger partial charge is 0.251 e. The molecule has 16 heavy (non-hydrogen) atoms. The number of piperazine rings is 1. The van der Waals surface area contributed by atoms with Gasteiger partial charge in [0.2, 0.25) is 0 Å². The van der Waals surface area contributed by atoms with Crippen molar-refractivity contribution >= 4 is 5.91 Å². The molecule has 2 heterocycles. The van der Waals surface area contributed by atoms with Gasteiger partial charge in [0.15, 0.2) is 0 Å². The predicted octanol–water partition coefficient (Wildman–Crippen LogP) is 0.451. The Morgan fingerprint density at radius 3 is 2.06 bits per heavy atom. The third-order valence-electron chi connectivity index (χ3n) is 3.85. The summed E-state index contributed by atoms with van der Waals surface area (Å²) >= 11 is 0. The van der Waals surface area contributed by atoms with E-state index in [-0.39, 0.29) is 5.91 Å². The summed E-state index contributed by atoms with van der Waals surface area (Å²) in [5, 5.41) is 9.41.